The molecule has 3 heterocycles. The number of furan rings is 1. The molecule has 0 unspecified atom stereocenters. The molecule has 0 aromatic carbocycles. The molecule has 0 saturated carbocycles. The van der Waals surface area contributed by atoms with E-state index in [1.165, 1.54) is 26.6 Å². The summed E-state index contributed by atoms with van der Waals surface area (Å²) < 4.78 is 7.43. The van der Waals surface area contributed by atoms with Crippen LogP contribution in [0.15, 0.2) is 33.5 Å². The fourth-order valence-electron chi connectivity index (χ4n) is 2.30. The maximum absolute atomic E-state index is 12.6. The van der Waals surface area contributed by atoms with Crippen molar-refractivity contribution in [3.8, 4) is 11.6 Å². The fourth-order valence-corrected chi connectivity index (χ4v) is 2.61. The van der Waals surface area contributed by atoms with Crippen LogP contribution in [0.1, 0.15) is 10.4 Å². The SMILES string of the molecule is CN(C)C(=O)CN(C)C(=O)c1cc(N)c2nc(-c3ccc(Br)o3)nn2c1. The van der Waals surface area contributed by atoms with Gasteiger partial charge in [0.15, 0.2) is 16.1 Å². The standard InChI is InChI=1S/C16H17BrN6O3/c1-21(2)13(24)8-22(3)16(25)9-6-10(18)15-19-14(20-23(15)7-9)11-4-5-12(17)26-11/h4-7H,8,18H2,1-3H3. The third-order valence-electron chi connectivity index (χ3n) is 3.72. The second kappa shape index (κ2) is 6.79. The van der Waals surface area contributed by atoms with E-state index in [1.807, 2.05) is 0 Å². The van der Waals surface area contributed by atoms with Crippen LogP contribution in [0.4, 0.5) is 5.69 Å². The zero-order chi connectivity index (χ0) is 19.0. The Hall–Kier alpha value is -2.88. The van der Waals surface area contributed by atoms with Crippen LogP contribution >= 0.6 is 15.9 Å². The number of aromatic nitrogens is 3. The largest absolute Gasteiger partial charge is 0.446 e. The van der Waals surface area contributed by atoms with Crippen molar-refractivity contribution in [1.29, 1.82) is 0 Å². The molecular formula is C16H17BrN6O3. The molecule has 0 aliphatic heterocycles. The minimum absolute atomic E-state index is 0.0349. The number of anilines is 1. The molecule has 0 aliphatic rings. The van der Waals surface area contributed by atoms with Crippen LogP contribution in [0.2, 0.25) is 0 Å². The predicted octanol–water partition coefficient (Wildman–Crippen LogP) is 1.49. The number of carbonyl (C=O) groups excluding carboxylic acids is 2. The lowest BCUT2D eigenvalue weighted by molar-refractivity contribution is -0.129. The van der Waals surface area contributed by atoms with Crippen molar-refractivity contribution in [3.63, 3.8) is 0 Å². The van der Waals surface area contributed by atoms with Crippen LogP contribution in [-0.2, 0) is 4.79 Å². The molecule has 26 heavy (non-hydrogen) atoms. The second-order valence-electron chi connectivity index (χ2n) is 5.94. The van der Waals surface area contributed by atoms with E-state index in [0.29, 0.717) is 33.2 Å². The molecule has 10 heteroatoms. The van der Waals surface area contributed by atoms with Crippen molar-refractivity contribution in [2.24, 2.45) is 0 Å². The Kier molecular flexibility index (Phi) is 4.68. The first-order valence-corrected chi connectivity index (χ1v) is 8.43. The zero-order valence-corrected chi connectivity index (χ0v) is 16.0. The first-order chi connectivity index (χ1) is 12.3. The highest BCUT2D eigenvalue weighted by Gasteiger charge is 2.19. The number of pyridine rings is 1. The molecule has 136 valence electrons. The Morgan fingerprint density at radius 3 is 2.65 bits per heavy atom. The van der Waals surface area contributed by atoms with Crippen LogP contribution < -0.4 is 5.73 Å². The third kappa shape index (κ3) is 3.40. The van der Waals surface area contributed by atoms with Crippen molar-refractivity contribution in [2.75, 3.05) is 33.4 Å². The summed E-state index contributed by atoms with van der Waals surface area (Å²) in [5, 5.41) is 4.31. The summed E-state index contributed by atoms with van der Waals surface area (Å²) in [5.74, 6) is 0.303. The summed E-state index contributed by atoms with van der Waals surface area (Å²) in [6, 6.07) is 4.97. The first-order valence-electron chi connectivity index (χ1n) is 7.63. The van der Waals surface area contributed by atoms with E-state index in [0.717, 1.165) is 0 Å². The molecule has 3 aromatic heterocycles. The molecule has 0 bridgehead atoms. The van der Waals surface area contributed by atoms with E-state index in [1.54, 1.807) is 33.3 Å². The molecule has 2 N–H and O–H groups in total. The van der Waals surface area contributed by atoms with Crippen molar-refractivity contribution in [3.05, 3.63) is 34.6 Å². The predicted molar refractivity (Wildman–Crippen MR) is 98.5 cm³/mol. The monoisotopic (exact) mass is 420 g/mol. The summed E-state index contributed by atoms with van der Waals surface area (Å²) in [6.45, 7) is -0.0349. The Morgan fingerprint density at radius 2 is 2.04 bits per heavy atom. The van der Waals surface area contributed by atoms with E-state index in [4.69, 9.17) is 10.2 Å². The maximum atomic E-state index is 12.6. The number of hydrogen-bond donors (Lipinski definition) is 1. The minimum atomic E-state index is -0.341. The molecule has 3 aromatic rings. The van der Waals surface area contributed by atoms with Gasteiger partial charge in [-0.1, -0.05) is 0 Å². The lowest BCUT2D eigenvalue weighted by Crippen LogP contribution is -2.37. The normalized spacial score (nSPS) is 10.9. The molecule has 2 amide bonds. The summed E-state index contributed by atoms with van der Waals surface area (Å²) >= 11 is 3.23. The van der Waals surface area contributed by atoms with E-state index >= 15 is 0 Å². The second-order valence-corrected chi connectivity index (χ2v) is 6.72. The average molecular weight is 421 g/mol. The summed E-state index contributed by atoms with van der Waals surface area (Å²) in [4.78, 5) is 31.5. The minimum Gasteiger partial charge on any atom is -0.446 e. The van der Waals surface area contributed by atoms with Gasteiger partial charge in [0.1, 0.15) is 0 Å². The smallest absolute Gasteiger partial charge is 0.255 e. The number of rotatable bonds is 4. The average Bonchev–Trinajstić information content (AvgIpc) is 3.20. The molecule has 9 nitrogen and oxygen atoms in total. The lowest BCUT2D eigenvalue weighted by Gasteiger charge is -2.19. The Bertz CT molecular complexity index is 993. The number of carbonyl (C=O) groups is 2. The molecule has 0 aliphatic carbocycles. The Morgan fingerprint density at radius 1 is 1.31 bits per heavy atom. The van der Waals surface area contributed by atoms with Crippen LogP contribution in [0, 0.1) is 0 Å². The van der Waals surface area contributed by atoms with Crippen molar-refractivity contribution in [1.82, 2.24) is 24.4 Å². The van der Waals surface area contributed by atoms with Gasteiger partial charge in [-0.2, -0.15) is 0 Å². The molecule has 0 fully saturated rings. The van der Waals surface area contributed by atoms with Gasteiger partial charge in [0, 0.05) is 27.3 Å². The van der Waals surface area contributed by atoms with Crippen molar-refractivity contribution >= 4 is 39.1 Å². The number of amides is 2. The number of nitrogens with two attached hydrogens (primary N) is 1. The Labute approximate surface area is 157 Å². The highest BCUT2D eigenvalue weighted by atomic mass is 79.9. The Balaban J connectivity index is 1.93. The van der Waals surface area contributed by atoms with Crippen molar-refractivity contribution in [2.45, 2.75) is 0 Å². The quantitative estimate of drug-likeness (QED) is 0.684. The highest BCUT2D eigenvalue weighted by molar-refractivity contribution is 9.10. The highest BCUT2D eigenvalue weighted by Crippen LogP contribution is 2.24. The van der Waals surface area contributed by atoms with Gasteiger partial charge in [-0.05, 0) is 34.1 Å². The van der Waals surface area contributed by atoms with Gasteiger partial charge in [-0.15, -0.1) is 5.10 Å². The van der Waals surface area contributed by atoms with Gasteiger partial charge in [0.2, 0.25) is 11.7 Å². The molecule has 3 rings (SSSR count). The topological polar surface area (TPSA) is 110 Å². The number of halogens is 1. The zero-order valence-electron chi connectivity index (χ0n) is 14.4. The summed E-state index contributed by atoms with van der Waals surface area (Å²) in [7, 11) is 4.82. The van der Waals surface area contributed by atoms with E-state index in [2.05, 4.69) is 26.0 Å². The fraction of sp³-hybridized carbons (Fsp3) is 0.250. The molecular weight excluding hydrogens is 404 g/mol. The van der Waals surface area contributed by atoms with Gasteiger partial charge >= 0.3 is 0 Å². The van der Waals surface area contributed by atoms with Crippen molar-refractivity contribution < 1.29 is 14.0 Å². The van der Waals surface area contributed by atoms with Crippen LogP contribution in [0.3, 0.4) is 0 Å². The van der Waals surface area contributed by atoms with Gasteiger partial charge in [-0.25, -0.2) is 9.50 Å². The number of likely N-dealkylation sites (N-methyl/N-ethyl adjacent to an activating group) is 2. The van der Waals surface area contributed by atoms with E-state index in [-0.39, 0.29) is 18.4 Å². The molecule has 0 saturated heterocycles. The molecule has 0 atom stereocenters. The summed E-state index contributed by atoms with van der Waals surface area (Å²) in [6.07, 6.45) is 1.53. The van der Waals surface area contributed by atoms with Crippen LogP contribution in [-0.4, -0.2) is 63.9 Å². The number of nitrogen functional groups attached to an aromatic ring is 1. The van der Waals surface area contributed by atoms with Gasteiger partial charge < -0.3 is 20.0 Å². The first kappa shape index (κ1) is 17.9. The number of nitrogens with zero attached hydrogens (tertiary/aromatic N) is 5. The van der Waals surface area contributed by atoms with Gasteiger partial charge in [0.25, 0.3) is 5.91 Å². The van der Waals surface area contributed by atoms with Gasteiger partial charge in [-0.3, -0.25) is 9.59 Å². The number of hydrogen-bond acceptors (Lipinski definition) is 6. The third-order valence-corrected chi connectivity index (χ3v) is 4.15. The van der Waals surface area contributed by atoms with Crippen LogP contribution in [0.25, 0.3) is 17.2 Å². The van der Waals surface area contributed by atoms with E-state index < -0.39 is 0 Å². The summed E-state index contributed by atoms with van der Waals surface area (Å²) in [5.41, 5.74) is 7.05. The van der Waals surface area contributed by atoms with Gasteiger partial charge in [0.05, 0.1) is 17.8 Å². The van der Waals surface area contributed by atoms with Crippen LogP contribution in [0.5, 0.6) is 0 Å². The molecule has 0 spiro atoms. The number of fused-ring (bicyclic) bond motifs is 1. The molecule has 0 radical (unpaired) electrons. The maximum Gasteiger partial charge on any atom is 0.255 e. The lowest BCUT2D eigenvalue weighted by atomic mass is 10.2. The van der Waals surface area contributed by atoms with E-state index in [9.17, 15) is 9.59 Å².